The summed E-state index contributed by atoms with van der Waals surface area (Å²) in [5, 5.41) is 9.20. The van der Waals surface area contributed by atoms with Gasteiger partial charge >= 0.3 is 18.4 Å². The molecule has 0 saturated carbocycles. The number of halogens is 6. The van der Waals surface area contributed by atoms with Gasteiger partial charge in [-0.3, -0.25) is 14.9 Å². The first-order valence-corrected chi connectivity index (χ1v) is 13.7. The van der Waals surface area contributed by atoms with Gasteiger partial charge in [-0.1, -0.05) is 30.3 Å². The summed E-state index contributed by atoms with van der Waals surface area (Å²) >= 11 is 0. The summed E-state index contributed by atoms with van der Waals surface area (Å²) in [6.45, 7) is 3.87. The van der Waals surface area contributed by atoms with E-state index in [1.54, 1.807) is 18.2 Å². The summed E-state index contributed by atoms with van der Waals surface area (Å²) in [6.07, 6.45) is -14.5. The Hall–Kier alpha value is -4.34. The normalized spacial score (nSPS) is 18.3. The molecule has 1 unspecified atom stereocenters. The highest BCUT2D eigenvalue weighted by molar-refractivity contribution is 5.98. The lowest BCUT2D eigenvalue weighted by molar-refractivity contribution is -0.299. The lowest BCUT2D eigenvalue weighted by Gasteiger charge is -2.32. The Balaban J connectivity index is 1.93. The van der Waals surface area contributed by atoms with Gasteiger partial charge in [0.2, 0.25) is 5.60 Å². The molecule has 0 saturated heterocycles. The van der Waals surface area contributed by atoms with E-state index in [0.717, 1.165) is 0 Å². The van der Waals surface area contributed by atoms with E-state index >= 15 is 0 Å². The third-order valence-electron chi connectivity index (χ3n) is 6.60. The highest BCUT2D eigenvalue weighted by Crippen LogP contribution is 2.47. The number of hydrogen-bond acceptors (Lipinski definition) is 9. The van der Waals surface area contributed by atoms with E-state index in [0.29, 0.717) is 11.6 Å². The van der Waals surface area contributed by atoms with Crippen molar-refractivity contribution >= 4 is 23.3 Å². The number of pyridine rings is 1. The average molecular weight is 643 g/mol. The molecule has 242 valence electrons. The number of carbonyl (C=O) groups excluding carboxylic acids is 3. The van der Waals surface area contributed by atoms with Gasteiger partial charge in [0.1, 0.15) is 17.1 Å². The van der Waals surface area contributed by atoms with Crippen LogP contribution in [0.25, 0.3) is 11.6 Å². The van der Waals surface area contributed by atoms with Crippen molar-refractivity contribution in [2.45, 2.75) is 83.0 Å². The molecule has 0 spiro atoms. The van der Waals surface area contributed by atoms with Crippen molar-refractivity contribution < 1.29 is 54.6 Å². The molecule has 3 heterocycles. The molecule has 1 aromatic carbocycles. The summed E-state index contributed by atoms with van der Waals surface area (Å²) in [6, 6.07) is 8.20. The van der Waals surface area contributed by atoms with Crippen molar-refractivity contribution in [1.82, 2.24) is 15.2 Å². The molecule has 0 aliphatic carbocycles. The monoisotopic (exact) mass is 642 g/mol. The Morgan fingerprint density at radius 2 is 1.67 bits per heavy atom. The Bertz CT molecular complexity index is 1570. The molecular weight excluding hydrogens is 614 g/mol. The first-order chi connectivity index (χ1) is 20.9. The lowest BCUT2D eigenvalue weighted by atomic mass is 9.93. The van der Waals surface area contributed by atoms with E-state index in [1.165, 1.54) is 32.9 Å². The second-order valence-corrected chi connectivity index (χ2v) is 11.2. The number of fused-ring (bicyclic) bond motifs is 5. The highest BCUT2D eigenvalue weighted by atomic mass is 19.4. The van der Waals surface area contributed by atoms with Crippen molar-refractivity contribution in [3.63, 3.8) is 0 Å². The zero-order chi connectivity index (χ0) is 33.2. The average Bonchev–Trinajstić information content (AvgIpc) is 3.41. The summed E-state index contributed by atoms with van der Waals surface area (Å²) < 4.78 is 103. The fourth-order valence-corrected chi connectivity index (χ4v) is 4.47. The van der Waals surface area contributed by atoms with Gasteiger partial charge in [-0.25, -0.2) is 9.78 Å². The molecule has 0 fully saturated rings. The fourth-order valence-electron chi connectivity index (χ4n) is 4.47. The van der Waals surface area contributed by atoms with E-state index in [9.17, 15) is 40.7 Å². The molecule has 2 aromatic heterocycles. The molecule has 4 bridgehead atoms. The molecule has 45 heavy (non-hydrogen) atoms. The van der Waals surface area contributed by atoms with Gasteiger partial charge in [0.15, 0.2) is 11.5 Å². The van der Waals surface area contributed by atoms with Gasteiger partial charge in [-0.05, 0) is 38.8 Å². The van der Waals surface area contributed by atoms with Gasteiger partial charge < -0.3 is 13.9 Å². The smallest absolute Gasteiger partial charge is 0.426 e. The van der Waals surface area contributed by atoms with Crippen LogP contribution in [0.2, 0.25) is 0 Å². The number of anilines is 1. The molecule has 0 radical (unpaired) electrons. The minimum Gasteiger partial charge on any atom is -0.444 e. The molecular formula is C29H28F6N4O6. The SMILES string of the molecule is CC(C)(C)OC(=O)Nc1cc(C(F)(F)F)c2nc1-c1nnc(o1)C(OCc1ccccc1)(C(F)(F)F)CCC(=O)CCCC2=O. The predicted octanol–water partition coefficient (Wildman–Crippen LogP) is 7.19. The van der Waals surface area contributed by atoms with Crippen molar-refractivity contribution in [3.05, 3.63) is 59.1 Å². The van der Waals surface area contributed by atoms with Crippen LogP contribution in [0.3, 0.4) is 0 Å². The number of aromatic nitrogens is 3. The number of amides is 1. The second-order valence-electron chi connectivity index (χ2n) is 11.2. The number of ketones is 2. The van der Waals surface area contributed by atoms with Gasteiger partial charge in [0.05, 0.1) is 17.9 Å². The summed E-state index contributed by atoms with van der Waals surface area (Å²) in [7, 11) is 0. The molecule has 3 aromatic rings. The fraction of sp³-hybridized carbons (Fsp3) is 0.448. The number of alkyl halides is 6. The molecule has 1 amide bonds. The molecule has 1 N–H and O–H groups in total. The number of nitrogens with zero attached hydrogens (tertiary/aromatic N) is 3. The predicted molar refractivity (Wildman–Crippen MR) is 144 cm³/mol. The molecule has 1 aliphatic heterocycles. The van der Waals surface area contributed by atoms with E-state index in [4.69, 9.17) is 13.9 Å². The largest absolute Gasteiger partial charge is 0.444 e. The molecule has 4 rings (SSSR count). The molecule has 1 aliphatic rings. The standard InChI is InChI=1S/C29H28F6N4O6/c1-26(2,3)45-25(42)36-19-14-18(28(30,31)32)21-20(41)11-7-10-17(40)12-13-27(29(33,34)35,43-15-16-8-5-4-6-9-16)24-39-38-23(44-24)22(19)37-21/h4-6,8-9,14H,7,10-13,15H2,1-3H3,(H,36,42). The van der Waals surface area contributed by atoms with Gasteiger partial charge in [0, 0.05) is 25.7 Å². The molecule has 1 atom stereocenters. The topological polar surface area (TPSA) is 134 Å². The Labute approximate surface area is 252 Å². The zero-order valence-corrected chi connectivity index (χ0v) is 24.3. The number of Topliss-reactive ketones (excluding diaryl/α,β-unsaturated/α-hetero) is 2. The maximum Gasteiger partial charge on any atom is 0.426 e. The van der Waals surface area contributed by atoms with Crippen LogP contribution in [0.5, 0.6) is 0 Å². The van der Waals surface area contributed by atoms with Gasteiger partial charge in [-0.15, -0.1) is 10.2 Å². The Morgan fingerprint density at radius 3 is 2.29 bits per heavy atom. The first kappa shape index (κ1) is 33.6. The van der Waals surface area contributed by atoms with Crippen LogP contribution in [-0.2, 0) is 32.7 Å². The van der Waals surface area contributed by atoms with Gasteiger partial charge in [0.25, 0.3) is 11.8 Å². The number of rotatable bonds is 4. The van der Waals surface area contributed by atoms with Crippen molar-refractivity contribution in [1.29, 1.82) is 0 Å². The zero-order valence-electron chi connectivity index (χ0n) is 24.3. The minimum atomic E-state index is -5.23. The number of benzene rings is 1. The van der Waals surface area contributed by atoms with Crippen LogP contribution in [0.15, 0.2) is 40.8 Å². The number of carbonyl (C=O) groups is 3. The second kappa shape index (κ2) is 12.6. The highest BCUT2D eigenvalue weighted by Gasteiger charge is 2.61. The number of ether oxygens (including phenoxy) is 2. The van der Waals surface area contributed by atoms with Crippen LogP contribution in [0, 0.1) is 0 Å². The maximum atomic E-state index is 14.9. The van der Waals surface area contributed by atoms with Crippen LogP contribution in [0.4, 0.5) is 36.8 Å². The van der Waals surface area contributed by atoms with Crippen molar-refractivity contribution in [2.24, 2.45) is 0 Å². The molecule has 16 heteroatoms. The summed E-state index contributed by atoms with van der Waals surface area (Å²) in [5.41, 5.74) is -8.17. The summed E-state index contributed by atoms with van der Waals surface area (Å²) in [4.78, 5) is 41.9. The quantitative estimate of drug-likeness (QED) is 0.294. The summed E-state index contributed by atoms with van der Waals surface area (Å²) in [5.74, 6) is -3.83. The number of nitrogens with one attached hydrogen (secondary N) is 1. The van der Waals surface area contributed by atoms with E-state index < -0.39 is 108 Å². The third-order valence-corrected chi connectivity index (χ3v) is 6.60. The van der Waals surface area contributed by atoms with Crippen LogP contribution < -0.4 is 5.32 Å². The Kier molecular flexibility index (Phi) is 9.37. The minimum absolute atomic E-state index is 0.258. The van der Waals surface area contributed by atoms with E-state index in [2.05, 4.69) is 20.5 Å². The van der Waals surface area contributed by atoms with Crippen LogP contribution >= 0.6 is 0 Å². The van der Waals surface area contributed by atoms with Gasteiger partial charge in [-0.2, -0.15) is 26.3 Å². The van der Waals surface area contributed by atoms with Crippen LogP contribution in [0.1, 0.15) is 80.4 Å². The van der Waals surface area contributed by atoms with Crippen LogP contribution in [-0.4, -0.2) is 44.6 Å². The maximum absolute atomic E-state index is 14.9. The molecule has 10 nitrogen and oxygen atoms in total. The number of hydrogen-bond donors (Lipinski definition) is 1. The Morgan fingerprint density at radius 1 is 0.978 bits per heavy atom. The third kappa shape index (κ3) is 7.85. The first-order valence-electron chi connectivity index (χ1n) is 13.7. The van der Waals surface area contributed by atoms with E-state index in [1.807, 2.05) is 0 Å². The lowest BCUT2D eigenvalue weighted by Crippen LogP contribution is -2.45. The van der Waals surface area contributed by atoms with Crippen molar-refractivity contribution in [2.75, 3.05) is 5.32 Å². The van der Waals surface area contributed by atoms with E-state index in [-0.39, 0.29) is 6.42 Å². The van der Waals surface area contributed by atoms with Crippen molar-refractivity contribution in [3.8, 4) is 11.6 Å².